The molecule has 7 nitrogen and oxygen atoms in total. The van der Waals surface area contributed by atoms with E-state index in [-0.39, 0.29) is 29.4 Å². The van der Waals surface area contributed by atoms with E-state index in [9.17, 15) is 9.59 Å². The van der Waals surface area contributed by atoms with Crippen LogP contribution in [0.5, 0.6) is 11.5 Å². The monoisotopic (exact) mass is 683 g/mol. The number of hydrogen-bond acceptors (Lipinski definition) is 6. The van der Waals surface area contributed by atoms with Gasteiger partial charge in [-0.25, -0.2) is 0 Å². The molecule has 2 fully saturated rings. The van der Waals surface area contributed by atoms with Crippen molar-refractivity contribution in [2.24, 2.45) is 0 Å². The van der Waals surface area contributed by atoms with Gasteiger partial charge in [-0.2, -0.15) is 0 Å². The van der Waals surface area contributed by atoms with E-state index < -0.39 is 0 Å². The number of fused-ring (bicyclic) bond motifs is 1. The van der Waals surface area contributed by atoms with Gasteiger partial charge in [-0.3, -0.25) is 14.5 Å². The van der Waals surface area contributed by atoms with Crippen molar-refractivity contribution in [1.82, 2.24) is 4.90 Å². The van der Waals surface area contributed by atoms with Crippen molar-refractivity contribution in [3.05, 3.63) is 131 Å². The second-order valence-electron chi connectivity index (χ2n) is 10.8. The van der Waals surface area contributed by atoms with Gasteiger partial charge in [-0.1, -0.05) is 122 Å². The number of carbonyl (C=O) groups is 2. The van der Waals surface area contributed by atoms with Gasteiger partial charge in [0.15, 0.2) is 0 Å². The molecule has 2 unspecified atom stereocenters. The number of carbonyl (C=O) groups excluding carboxylic acids is 2. The molecular weight excluding hydrogens is 626 g/mol. The predicted octanol–water partition coefficient (Wildman–Crippen LogP) is 9.61. The summed E-state index contributed by atoms with van der Waals surface area (Å²) in [4.78, 5) is 23.8. The first-order chi connectivity index (χ1) is 24.4. The lowest BCUT2D eigenvalue weighted by Crippen LogP contribution is -2.25. The molecule has 7 rings (SSSR count). The van der Waals surface area contributed by atoms with Crippen LogP contribution in [0, 0.1) is 0 Å². The minimum absolute atomic E-state index is 0.212. The Morgan fingerprint density at radius 2 is 0.880 bits per heavy atom. The molecule has 7 heteroatoms. The third-order valence-corrected chi connectivity index (χ3v) is 7.89. The molecule has 0 bridgehead atoms. The fourth-order valence-electron chi connectivity index (χ4n) is 5.06. The summed E-state index contributed by atoms with van der Waals surface area (Å²) in [7, 11) is 1.49. The van der Waals surface area contributed by atoms with Crippen molar-refractivity contribution >= 4 is 11.8 Å². The summed E-state index contributed by atoms with van der Waals surface area (Å²) in [5.41, 5.74) is 4.38. The molecule has 0 saturated carbocycles. The van der Waals surface area contributed by atoms with E-state index >= 15 is 0 Å². The highest BCUT2D eigenvalue weighted by Gasteiger charge is 2.33. The molecule has 4 aromatic carbocycles. The van der Waals surface area contributed by atoms with Crippen LogP contribution in [0.25, 0.3) is 0 Å². The molecule has 0 radical (unpaired) electrons. The SMILES string of the molecule is CC.CC.CC.CC.CC(c1ccccc1)(c1ccc(OCC2CO2)cc1)c1ccc(OCC2CO2)cc1.CN1C(=O)c2ccccc2C1=O. The molecule has 3 heterocycles. The van der Waals surface area contributed by atoms with Gasteiger partial charge in [0, 0.05) is 12.5 Å². The summed E-state index contributed by atoms with van der Waals surface area (Å²) in [5, 5.41) is 0. The average molecular weight is 684 g/mol. The van der Waals surface area contributed by atoms with Crippen LogP contribution >= 0.6 is 0 Å². The highest BCUT2D eigenvalue weighted by molar-refractivity contribution is 6.21. The van der Waals surface area contributed by atoms with Crippen molar-refractivity contribution in [2.45, 2.75) is 79.9 Å². The van der Waals surface area contributed by atoms with Crippen molar-refractivity contribution in [1.29, 1.82) is 0 Å². The van der Waals surface area contributed by atoms with E-state index in [4.69, 9.17) is 18.9 Å². The number of imide groups is 1. The van der Waals surface area contributed by atoms with Crippen molar-refractivity contribution in [3.63, 3.8) is 0 Å². The standard InChI is InChI=1S/C26H26O4.C9H7NO2.4C2H6/c1-26(19-5-3-2-4-6-19,20-7-11-22(12-8-20)27-15-24-17-29-24)21-9-13-23(14-10-21)28-16-25-18-30-25;1-10-8(11)6-4-2-3-5-7(6)9(10)12;4*1-2/h2-14,24-25H,15-18H2,1H3;2-5H,1H3;4*1-2H3. The number of benzene rings is 4. The van der Waals surface area contributed by atoms with Crippen LogP contribution in [0.1, 0.15) is 99.7 Å². The Balaban J connectivity index is 0.000000361. The average Bonchev–Trinajstić information content (AvgIpc) is 4.16. The molecule has 50 heavy (non-hydrogen) atoms. The Bertz CT molecular complexity index is 1450. The summed E-state index contributed by atoms with van der Waals surface area (Å²) < 4.78 is 22.1. The summed E-state index contributed by atoms with van der Waals surface area (Å²) in [6.45, 7) is 21.1. The van der Waals surface area contributed by atoms with Gasteiger partial charge in [-0.05, 0) is 60.0 Å². The second-order valence-corrected chi connectivity index (χ2v) is 10.8. The Morgan fingerprint density at radius 1 is 0.560 bits per heavy atom. The van der Waals surface area contributed by atoms with Gasteiger partial charge >= 0.3 is 0 Å². The van der Waals surface area contributed by atoms with E-state index in [1.807, 2.05) is 79.7 Å². The van der Waals surface area contributed by atoms with E-state index in [1.54, 1.807) is 24.3 Å². The normalized spacial score (nSPS) is 17.0. The fraction of sp³-hybridized carbons (Fsp3) is 0.395. The fourth-order valence-corrected chi connectivity index (χ4v) is 5.06. The Hall–Kier alpha value is -4.46. The lowest BCUT2D eigenvalue weighted by molar-refractivity contribution is 0.0693. The first-order valence-corrected chi connectivity index (χ1v) is 18.1. The zero-order valence-electron chi connectivity index (χ0n) is 31.7. The third-order valence-electron chi connectivity index (χ3n) is 7.89. The predicted molar refractivity (Wildman–Crippen MR) is 204 cm³/mol. The molecular formula is C43H57NO6. The van der Waals surface area contributed by atoms with Crippen molar-refractivity contribution < 1.29 is 28.5 Å². The van der Waals surface area contributed by atoms with Crippen molar-refractivity contribution in [2.75, 3.05) is 33.5 Å². The van der Waals surface area contributed by atoms with Crippen LogP contribution < -0.4 is 9.47 Å². The lowest BCUT2D eigenvalue weighted by Gasteiger charge is -2.32. The van der Waals surface area contributed by atoms with Gasteiger partial charge in [0.1, 0.15) is 36.9 Å². The minimum Gasteiger partial charge on any atom is -0.491 e. The van der Waals surface area contributed by atoms with Crippen LogP contribution in [0.3, 0.4) is 0 Å². The third kappa shape index (κ3) is 11.0. The Morgan fingerprint density at radius 3 is 1.22 bits per heavy atom. The molecule has 2 saturated heterocycles. The molecule has 2 atom stereocenters. The Labute approximate surface area is 300 Å². The maximum absolute atomic E-state index is 11.3. The molecule has 3 aliphatic rings. The molecule has 4 aromatic rings. The molecule has 2 amide bonds. The van der Waals surface area contributed by atoms with Crippen molar-refractivity contribution in [3.8, 4) is 11.5 Å². The largest absolute Gasteiger partial charge is 0.491 e. The number of ether oxygens (including phenoxy) is 4. The Kier molecular flexibility index (Phi) is 18.0. The van der Waals surface area contributed by atoms with Crippen LogP contribution in [0.4, 0.5) is 0 Å². The van der Waals surface area contributed by atoms with Crippen LogP contribution in [-0.2, 0) is 14.9 Å². The molecule has 3 aliphatic heterocycles. The van der Waals surface area contributed by atoms with Crippen LogP contribution in [-0.4, -0.2) is 62.4 Å². The van der Waals surface area contributed by atoms with E-state index in [2.05, 4.69) is 61.5 Å². The maximum atomic E-state index is 11.3. The van der Waals surface area contributed by atoms with Gasteiger partial charge in [-0.15, -0.1) is 0 Å². The first-order valence-electron chi connectivity index (χ1n) is 18.1. The smallest absolute Gasteiger partial charge is 0.261 e. The van der Waals surface area contributed by atoms with Crippen LogP contribution in [0.2, 0.25) is 0 Å². The van der Waals surface area contributed by atoms with Crippen LogP contribution in [0.15, 0.2) is 103 Å². The minimum atomic E-state index is -0.294. The molecule has 0 N–H and O–H groups in total. The first kappa shape index (κ1) is 41.7. The topological polar surface area (TPSA) is 80.9 Å². The molecule has 0 spiro atoms. The summed E-state index contributed by atoms with van der Waals surface area (Å²) in [6.07, 6.45) is 0.512. The number of hydrogen-bond donors (Lipinski definition) is 0. The maximum Gasteiger partial charge on any atom is 0.261 e. The summed E-state index contributed by atoms with van der Waals surface area (Å²) >= 11 is 0. The quantitative estimate of drug-likeness (QED) is 0.0993. The zero-order chi connectivity index (χ0) is 37.1. The zero-order valence-corrected chi connectivity index (χ0v) is 31.7. The lowest BCUT2D eigenvalue weighted by atomic mass is 9.71. The molecule has 270 valence electrons. The van der Waals surface area contributed by atoms with Gasteiger partial charge in [0.05, 0.1) is 24.3 Å². The van der Waals surface area contributed by atoms with E-state index in [1.165, 1.54) is 23.7 Å². The molecule has 0 aromatic heterocycles. The highest BCUT2D eigenvalue weighted by Crippen LogP contribution is 2.40. The van der Waals surface area contributed by atoms with Gasteiger partial charge in [0.25, 0.3) is 11.8 Å². The number of nitrogens with zero attached hydrogens (tertiary/aromatic N) is 1. The highest BCUT2D eigenvalue weighted by atomic mass is 16.6. The van der Waals surface area contributed by atoms with E-state index in [0.717, 1.165) is 29.6 Å². The second kappa shape index (κ2) is 21.6. The van der Waals surface area contributed by atoms with E-state index in [0.29, 0.717) is 24.3 Å². The van der Waals surface area contributed by atoms with Gasteiger partial charge < -0.3 is 18.9 Å². The summed E-state index contributed by atoms with van der Waals surface area (Å²) in [6, 6.07) is 34.3. The number of rotatable bonds is 9. The molecule has 0 aliphatic carbocycles. The number of epoxide rings is 2. The number of amides is 2. The van der Waals surface area contributed by atoms with Gasteiger partial charge in [0.2, 0.25) is 0 Å². The summed E-state index contributed by atoms with van der Waals surface area (Å²) in [5.74, 6) is 1.32.